The van der Waals surface area contributed by atoms with E-state index in [1.165, 1.54) is 0 Å². The minimum absolute atomic E-state index is 0.121. The first-order chi connectivity index (χ1) is 7.30. The molecule has 0 bridgehead atoms. The van der Waals surface area contributed by atoms with E-state index in [1.54, 1.807) is 0 Å². The Kier molecular flexibility index (Phi) is 3.48. The van der Waals surface area contributed by atoms with Crippen molar-refractivity contribution in [3.63, 3.8) is 0 Å². The molecule has 1 atom stereocenters. The van der Waals surface area contributed by atoms with E-state index >= 15 is 0 Å². The third-order valence-corrected chi connectivity index (χ3v) is 1.89. The standard InChI is InChI=1S/C9H9F3N2O2/c10-9(11,12)5-1-2-7(14-4-5)6(13)3-8(15)16/h1-2,4,6H,3,13H2,(H,15,16). The van der Waals surface area contributed by atoms with Crippen LogP contribution in [0.3, 0.4) is 0 Å². The maximum atomic E-state index is 12.2. The molecule has 7 heteroatoms. The smallest absolute Gasteiger partial charge is 0.417 e. The number of nitrogens with two attached hydrogens (primary N) is 1. The molecule has 0 spiro atoms. The third-order valence-electron chi connectivity index (χ3n) is 1.89. The molecule has 88 valence electrons. The number of carboxylic acid groups (broad SMARTS) is 1. The first kappa shape index (κ1) is 12.4. The van der Waals surface area contributed by atoms with E-state index in [-0.39, 0.29) is 12.1 Å². The van der Waals surface area contributed by atoms with Crippen LogP contribution in [0, 0.1) is 0 Å². The second-order valence-electron chi connectivity index (χ2n) is 3.17. The third kappa shape index (κ3) is 3.20. The largest absolute Gasteiger partial charge is 0.481 e. The van der Waals surface area contributed by atoms with Gasteiger partial charge in [0, 0.05) is 6.20 Å². The van der Waals surface area contributed by atoms with E-state index in [1.807, 2.05) is 0 Å². The normalized spacial score (nSPS) is 13.5. The molecule has 0 aromatic carbocycles. The molecule has 4 nitrogen and oxygen atoms in total. The number of carboxylic acids is 1. The molecule has 0 saturated carbocycles. The molecular formula is C9H9F3N2O2. The van der Waals surface area contributed by atoms with E-state index < -0.39 is 23.8 Å². The minimum atomic E-state index is -4.46. The van der Waals surface area contributed by atoms with Crippen molar-refractivity contribution in [3.05, 3.63) is 29.6 Å². The molecule has 0 saturated heterocycles. The lowest BCUT2D eigenvalue weighted by atomic mass is 10.1. The number of nitrogens with zero attached hydrogens (tertiary/aromatic N) is 1. The number of carbonyl (C=O) groups is 1. The number of hydrogen-bond donors (Lipinski definition) is 2. The molecule has 3 N–H and O–H groups in total. The van der Waals surface area contributed by atoms with Crippen molar-refractivity contribution < 1.29 is 23.1 Å². The van der Waals surface area contributed by atoms with Crippen molar-refractivity contribution in [1.82, 2.24) is 4.98 Å². The van der Waals surface area contributed by atoms with Crippen molar-refractivity contribution in [1.29, 1.82) is 0 Å². The number of pyridine rings is 1. The lowest BCUT2D eigenvalue weighted by Gasteiger charge is -2.10. The van der Waals surface area contributed by atoms with Crippen LogP contribution in [0.2, 0.25) is 0 Å². The lowest BCUT2D eigenvalue weighted by Crippen LogP contribution is -2.17. The van der Waals surface area contributed by atoms with E-state index in [0.717, 1.165) is 12.1 Å². The van der Waals surface area contributed by atoms with Gasteiger partial charge in [-0.1, -0.05) is 0 Å². The van der Waals surface area contributed by atoms with Gasteiger partial charge in [0.15, 0.2) is 0 Å². The Morgan fingerprint density at radius 1 is 1.50 bits per heavy atom. The van der Waals surface area contributed by atoms with Crippen LogP contribution in [0.4, 0.5) is 13.2 Å². The summed E-state index contributed by atoms with van der Waals surface area (Å²) in [5.41, 5.74) is 4.66. The van der Waals surface area contributed by atoms with Crippen LogP contribution in [-0.2, 0) is 11.0 Å². The monoisotopic (exact) mass is 234 g/mol. The minimum Gasteiger partial charge on any atom is -0.481 e. The summed E-state index contributed by atoms with van der Waals surface area (Å²) in [7, 11) is 0. The zero-order chi connectivity index (χ0) is 12.3. The van der Waals surface area contributed by atoms with Gasteiger partial charge in [0.1, 0.15) is 0 Å². The number of hydrogen-bond acceptors (Lipinski definition) is 3. The summed E-state index contributed by atoms with van der Waals surface area (Å²) < 4.78 is 36.5. The van der Waals surface area contributed by atoms with Gasteiger partial charge in [-0.05, 0) is 12.1 Å². The van der Waals surface area contributed by atoms with Gasteiger partial charge in [-0.3, -0.25) is 9.78 Å². The molecule has 0 fully saturated rings. The second-order valence-corrected chi connectivity index (χ2v) is 3.17. The molecule has 0 aliphatic rings. The van der Waals surface area contributed by atoms with Crippen LogP contribution in [-0.4, -0.2) is 16.1 Å². The molecule has 0 amide bonds. The number of aromatic nitrogens is 1. The Labute approximate surface area is 88.9 Å². The van der Waals surface area contributed by atoms with E-state index in [2.05, 4.69) is 4.98 Å². The van der Waals surface area contributed by atoms with Gasteiger partial charge in [-0.15, -0.1) is 0 Å². The van der Waals surface area contributed by atoms with Gasteiger partial charge in [-0.2, -0.15) is 13.2 Å². The zero-order valence-corrected chi connectivity index (χ0v) is 8.03. The van der Waals surface area contributed by atoms with Crippen LogP contribution in [0.25, 0.3) is 0 Å². The number of aliphatic carboxylic acids is 1. The average molecular weight is 234 g/mol. The molecule has 0 aliphatic carbocycles. The van der Waals surface area contributed by atoms with Crippen LogP contribution in [0.5, 0.6) is 0 Å². The lowest BCUT2D eigenvalue weighted by molar-refractivity contribution is -0.138. The predicted octanol–water partition coefficient (Wildman–Crippen LogP) is 1.57. The first-order valence-electron chi connectivity index (χ1n) is 4.31. The van der Waals surface area contributed by atoms with Crippen molar-refractivity contribution in [3.8, 4) is 0 Å². The van der Waals surface area contributed by atoms with Crippen molar-refractivity contribution in [2.45, 2.75) is 18.6 Å². The summed E-state index contributed by atoms with van der Waals surface area (Å²) >= 11 is 0. The molecule has 0 radical (unpaired) electrons. The molecule has 1 aromatic heterocycles. The summed E-state index contributed by atoms with van der Waals surface area (Å²) in [6.45, 7) is 0. The fourth-order valence-corrected chi connectivity index (χ4v) is 1.09. The van der Waals surface area contributed by atoms with Crippen LogP contribution < -0.4 is 5.73 Å². The first-order valence-corrected chi connectivity index (χ1v) is 4.31. The van der Waals surface area contributed by atoms with Gasteiger partial charge >= 0.3 is 12.1 Å². The van der Waals surface area contributed by atoms with Crippen LogP contribution >= 0.6 is 0 Å². The highest BCUT2D eigenvalue weighted by atomic mass is 19.4. The Balaban J connectivity index is 2.83. The molecule has 1 heterocycles. The fourth-order valence-electron chi connectivity index (χ4n) is 1.09. The Bertz CT molecular complexity index is 375. The predicted molar refractivity (Wildman–Crippen MR) is 48.4 cm³/mol. The topological polar surface area (TPSA) is 76.2 Å². The Hall–Kier alpha value is -1.63. The molecule has 1 aromatic rings. The van der Waals surface area contributed by atoms with Crippen molar-refractivity contribution in [2.24, 2.45) is 5.73 Å². The highest BCUT2D eigenvalue weighted by Gasteiger charge is 2.30. The number of alkyl halides is 3. The summed E-state index contributed by atoms with van der Waals surface area (Å²) in [6.07, 6.45) is -4.20. The summed E-state index contributed by atoms with van der Waals surface area (Å²) in [5, 5.41) is 8.44. The Morgan fingerprint density at radius 3 is 2.50 bits per heavy atom. The average Bonchev–Trinajstić information content (AvgIpc) is 2.15. The highest BCUT2D eigenvalue weighted by Crippen LogP contribution is 2.28. The highest BCUT2D eigenvalue weighted by molar-refractivity contribution is 5.67. The van der Waals surface area contributed by atoms with Crippen molar-refractivity contribution >= 4 is 5.97 Å². The van der Waals surface area contributed by atoms with Crippen LogP contribution in [0.1, 0.15) is 23.7 Å². The van der Waals surface area contributed by atoms with Gasteiger partial charge in [0.2, 0.25) is 0 Å². The van der Waals surface area contributed by atoms with E-state index in [9.17, 15) is 18.0 Å². The molecule has 1 rings (SSSR count). The zero-order valence-electron chi connectivity index (χ0n) is 8.03. The quantitative estimate of drug-likeness (QED) is 0.832. The molecule has 16 heavy (non-hydrogen) atoms. The van der Waals surface area contributed by atoms with Gasteiger partial charge in [0.25, 0.3) is 0 Å². The fraction of sp³-hybridized carbons (Fsp3) is 0.333. The molecular weight excluding hydrogens is 225 g/mol. The molecule has 1 unspecified atom stereocenters. The second kappa shape index (κ2) is 4.48. The summed E-state index contributed by atoms with van der Waals surface area (Å²) in [4.78, 5) is 13.8. The maximum absolute atomic E-state index is 12.2. The van der Waals surface area contributed by atoms with Crippen LogP contribution in [0.15, 0.2) is 18.3 Å². The van der Waals surface area contributed by atoms with Gasteiger partial charge < -0.3 is 10.8 Å². The summed E-state index contributed by atoms with van der Waals surface area (Å²) in [5.74, 6) is -1.13. The van der Waals surface area contributed by atoms with Gasteiger partial charge in [0.05, 0.1) is 23.7 Å². The SMILES string of the molecule is NC(CC(=O)O)c1ccc(C(F)(F)F)cn1. The summed E-state index contributed by atoms with van der Waals surface area (Å²) in [6, 6.07) is 1.00. The Morgan fingerprint density at radius 2 is 2.12 bits per heavy atom. The number of halogens is 3. The van der Waals surface area contributed by atoms with E-state index in [4.69, 9.17) is 10.8 Å². The van der Waals surface area contributed by atoms with Crippen molar-refractivity contribution in [2.75, 3.05) is 0 Å². The number of rotatable bonds is 3. The van der Waals surface area contributed by atoms with E-state index in [0.29, 0.717) is 6.20 Å². The maximum Gasteiger partial charge on any atom is 0.417 e. The van der Waals surface area contributed by atoms with Gasteiger partial charge in [-0.25, -0.2) is 0 Å². The molecule has 0 aliphatic heterocycles.